The Morgan fingerprint density at radius 3 is 2.64 bits per heavy atom. The Bertz CT molecular complexity index is 706. The summed E-state index contributed by atoms with van der Waals surface area (Å²) in [7, 11) is 0. The molecular weight excluding hydrogens is 349 g/mol. The quantitative estimate of drug-likeness (QED) is 0.796. The van der Waals surface area contributed by atoms with Crippen molar-refractivity contribution in [3.63, 3.8) is 0 Å². The number of hydrogen-bond donors (Lipinski definition) is 2. The molecular formula is C13H10Cl2N3O3S-. The van der Waals surface area contributed by atoms with Crippen molar-refractivity contribution in [1.82, 2.24) is 15.6 Å². The van der Waals surface area contributed by atoms with Crippen molar-refractivity contribution < 1.29 is 14.7 Å². The summed E-state index contributed by atoms with van der Waals surface area (Å²) in [4.78, 5) is 27.0. The normalized spacial score (nSPS) is 10.3. The molecule has 116 valence electrons. The molecule has 0 atom stereocenters. The van der Waals surface area contributed by atoms with Crippen LogP contribution in [-0.2, 0) is 0 Å². The Morgan fingerprint density at radius 2 is 1.95 bits per heavy atom. The van der Waals surface area contributed by atoms with E-state index in [2.05, 4.69) is 10.3 Å². The zero-order valence-electron chi connectivity index (χ0n) is 11.1. The van der Waals surface area contributed by atoms with Crippen LogP contribution < -0.4 is 15.7 Å². The number of carboxylic acid groups (broad SMARTS) is 1. The van der Waals surface area contributed by atoms with Crippen molar-refractivity contribution in [2.45, 2.75) is 0 Å². The standard InChI is InChI=1S/C13H11Cl2N3O3S/c14-7-1-2-8(9(15)5-7)11-10(18-6-22-11)12(19)16-3-4-17-13(20)21/h1-2,5-6,17H,3-4H2,(H,16,19)(H,20,21)/p-1. The van der Waals surface area contributed by atoms with Gasteiger partial charge in [0.2, 0.25) is 0 Å². The number of halogens is 2. The molecule has 2 rings (SSSR count). The van der Waals surface area contributed by atoms with E-state index in [1.54, 1.807) is 18.2 Å². The Labute approximate surface area is 140 Å². The van der Waals surface area contributed by atoms with Gasteiger partial charge in [0.15, 0.2) is 0 Å². The van der Waals surface area contributed by atoms with Gasteiger partial charge >= 0.3 is 0 Å². The Hall–Kier alpha value is -1.83. The number of amides is 2. The molecule has 0 radical (unpaired) electrons. The molecule has 9 heteroatoms. The third-order valence-electron chi connectivity index (χ3n) is 2.64. The Balaban J connectivity index is 2.12. The van der Waals surface area contributed by atoms with Crippen molar-refractivity contribution in [3.8, 4) is 10.4 Å². The van der Waals surface area contributed by atoms with E-state index in [9.17, 15) is 14.7 Å². The molecule has 1 aromatic carbocycles. The first-order valence-corrected chi connectivity index (χ1v) is 7.74. The molecule has 0 fully saturated rings. The summed E-state index contributed by atoms with van der Waals surface area (Å²) < 4.78 is 0. The zero-order chi connectivity index (χ0) is 16.1. The fourth-order valence-electron chi connectivity index (χ4n) is 1.70. The van der Waals surface area contributed by atoms with E-state index in [-0.39, 0.29) is 18.8 Å². The Morgan fingerprint density at radius 1 is 1.23 bits per heavy atom. The summed E-state index contributed by atoms with van der Waals surface area (Å²) in [5, 5.41) is 15.7. The third kappa shape index (κ3) is 4.09. The number of nitrogens with one attached hydrogen (secondary N) is 2. The fourth-order valence-corrected chi connectivity index (χ4v) is 3.08. The largest absolute Gasteiger partial charge is 0.530 e. The van der Waals surface area contributed by atoms with Crippen molar-refractivity contribution in [2.75, 3.05) is 13.1 Å². The molecule has 22 heavy (non-hydrogen) atoms. The number of nitrogens with zero attached hydrogens (tertiary/aromatic N) is 1. The first-order chi connectivity index (χ1) is 10.5. The monoisotopic (exact) mass is 358 g/mol. The van der Waals surface area contributed by atoms with Crippen LogP contribution in [-0.4, -0.2) is 30.1 Å². The van der Waals surface area contributed by atoms with Gasteiger partial charge in [-0.25, -0.2) is 4.98 Å². The molecule has 1 aromatic heterocycles. The number of carbonyl (C=O) groups is 2. The molecule has 1 heterocycles. The van der Waals surface area contributed by atoms with E-state index in [0.29, 0.717) is 20.5 Å². The number of benzene rings is 1. The average Bonchev–Trinajstić information content (AvgIpc) is 2.92. The van der Waals surface area contributed by atoms with Crippen molar-refractivity contribution >= 4 is 46.5 Å². The lowest BCUT2D eigenvalue weighted by atomic mass is 10.1. The number of thiazole rings is 1. The molecule has 0 spiro atoms. The van der Waals surface area contributed by atoms with E-state index in [1.807, 2.05) is 5.32 Å². The number of carbonyl (C=O) groups excluding carboxylic acids is 2. The van der Waals surface area contributed by atoms with E-state index in [4.69, 9.17) is 23.2 Å². The van der Waals surface area contributed by atoms with E-state index >= 15 is 0 Å². The summed E-state index contributed by atoms with van der Waals surface area (Å²) in [5.74, 6) is -0.414. The summed E-state index contributed by atoms with van der Waals surface area (Å²) in [6.45, 7) is 0.174. The van der Waals surface area contributed by atoms with Gasteiger partial charge in [-0.3, -0.25) is 4.79 Å². The topological polar surface area (TPSA) is 94.1 Å². The Kier molecular flexibility index (Phi) is 5.59. The molecule has 0 aliphatic heterocycles. The van der Waals surface area contributed by atoms with Gasteiger partial charge in [0.25, 0.3) is 5.91 Å². The summed E-state index contributed by atoms with van der Waals surface area (Å²) >= 11 is 13.3. The van der Waals surface area contributed by atoms with Crippen LogP contribution in [0.3, 0.4) is 0 Å². The van der Waals surface area contributed by atoms with Crippen LogP contribution in [0.2, 0.25) is 10.0 Å². The summed E-state index contributed by atoms with van der Waals surface area (Å²) in [5.41, 5.74) is 2.42. The second-order valence-corrected chi connectivity index (χ2v) is 5.82. The molecule has 2 amide bonds. The lowest BCUT2D eigenvalue weighted by molar-refractivity contribution is -0.250. The van der Waals surface area contributed by atoms with Gasteiger partial charge in [-0.15, -0.1) is 11.3 Å². The van der Waals surface area contributed by atoms with Crippen LogP contribution in [0.25, 0.3) is 10.4 Å². The predicted octanol–water partition coefficient (Wildman–Crippen LogP) is 1.78. The van der Waals surface area contributed by atoms with E-state index in [0.717, 1.165) is 0 Å². The van der Waals surface area contributed by atoms with E-state index in [1.165, 1.54) is 16.8 Å². The molecule has 0 aliphatic carbocycles. The number of hydrogen-bond acceptors (Lipinski definition) is 5. The van der Waals surface area contributed by atoms with Crippen LogP contribution in [0, 0.1) is 0 Å². The minimum absolute atomic E-state index is 0.0508. The van der Waals surface area contributed by atoms with Gasteiger partial charge in [0.05, 0.1) is 15.4 Å². The van der Waals surface area contributed by atoms with Gasteiger partial charge in [-0.05, 0) is 12.1 Å². The lowest BCUT2D eigenvalue weighted by Gasteiger charge is -2.08. The molecule has 0 bridgehead atoms. The van der Waals surface area contributed by atoms with Crippen LogP contribution in [0.4, 0.5) is 4.79 Å². The first kappa shape index (κ1) is 16.5. The van der Waals surface area contributed by atoms with Crippen molar-refractivity contribution in [1.29, 1.82) is 0 Å². The highest BCUT2D eigenvalue weighted by Crippen LogP contribution is 2.34. The molecule has 2 aromatic rings. The molecule has 0 unspecified atom stereocenters. The highest BCUT2D eigenvalue weighted by Gasteiger charge is 2.18. The van der Waals surface area contributed by atoms with Crippen molar-refractivity contribution in [3.05, 3.63) is 39.4 Å². The predicted molar refractivity (Wildman–Crippen MR) is 83.3 cm³/mol. The zero-order valence-corrected chi connectivity index (χ0v) is 13.4. The van der Waals surface area contributed by atoms with Gasteiger partial charge in [-0.1, -0.05) is 29.3 Å². The number of aromatic nitrogens is 1. The molecule has 6 nitrogen and oxygen atoms in total. The second kappa shape index (κ2) is 7.44. The maximum atomic E-state index is 12.1. The first-order valence-electron chi connectivity index (χ1n) is 6.11. The minimum Gasteiger partial charge on any atom is -0.530 e. The maximum Gasteiger partial charge on any atom is 0.271 e. The van der Waals surface area contributed by atoms with Crippen LogP contribution in [0.5, 0.6) is 0 Å². The molecule has 0 saturated heterocycles. The highest BCUT2D eigenvalue weighted by atomic mass is 35.5. The molecule has 0 aliphatic rings. The fraction of sp³-hybridized carbons (Fsp3) is 0.154. The third-order valence-corrected chi connectivity index (χ3v) is 4.05. The molecule has 2 N–H and O–H groups in total. The van der Waals surface area contributed by atoms with Gasteiger partial charge in [-0.2, -0.15) is 0 Å². The van der Waals surface area contributed by atoms with Crippen molar-refractivity contribution in [2.24, 2.45) is 0 Å². The number of rotatable bonds is 5. The lowest BCUT2D eigenvalue weighted by Crippen LogP contribution is -2.41. The summed E-state index contributed by atoms with van der Waals surface area (Å²) in [6, 6.07) is 4.98. The van der Waals surface area contributed by atoms with Gasteiger partial charge < -0.3 is 20.5 Å². The molecule has 0 saturated carbocycles. The smallest absolute Gasteiger partial charge is 0.271 e. The maximum absolute atomic E-state index is 12.1. The van der Waals surface area contributed by atoms with Gasteiger partial charge in [0, 0.05) is 23.7 Å². The second-order valence-electron chi connectivity index (χ2n) is 4.12. The van der Waals surface area contributed by atoms with E-state index < -0.39 is 12.0 Å². The van der Waals surface area contributed by atoms with Crippen LogP contribution in [0.1, 0.15) is 10.5 Å². The summed E-state index contributed by atoms with van der Waals surface area (Å²) in [6.07, 6.45) is -1.39. The SMILES string of the molecule is O=C([O-])NCCNC(=O)c1ncsc1-c1ccc(Cl)cc1Cl. The minimum atomic E-state index is -1.39. The van der Waals surface area contributed by atoms with Crippen LogP contribution in [0.15, 0.2) is 23.7 Å². The average molecular weight is 359 g/mol. The highest BCUT2D eigenvalue weighted by molar-refractivity contribution is 7.13. The van der Waals surface area contributed by atoms with Gasteiger partial charge in [0.1, 0.15) is 11.8 Å². The van der Waals surface area contributed by atoms with Crippen LogP contribution >= 0.6 is 34.5 Å².